The van der Waals surface area contributed by atoms with Crippen molar-refractivity contribution in [1.29, 1.82) is 0 Å². The van der Waals surface area contributed by atoms with Crippen LogP contribution in [0.4, 0.5) is 4.79 Å². The smallest absolute Gasteiger partial charge is 0.338 e. The Balaban J connectivity index is 1.54. The van der Waals surface area contributed by atoms with E-state index in [1.165, 1.54) is 4.90 Å². The number of carbonyl (C=O) groups is 3. The number of urea groups is 1. The predicted octanol–water partition coefficient (Wildman–Crippen LogP) is 1.11. The molecule has 3 fully saturated rings. The van der Waals surface area contributed by atoms with Crippen LogP contribution in [0.5, 0.6) is 11.5 Å². The molecule has 156 valence electrons. The number of likely N-dealkylation sites (tertiary alicyclic amines) is 1. The fourth-order valence-electron chi connectivity index (χ4n) is 4.93. The average Bonchev–Trinajstić information content (AvgIpc) is 3.46. The van der Waals surface area contributed by atoms with Gasteiger partial charge < -0.3 is 14.4 Å². The summed E-state index contributed by atoms with van der Waals surface area (Å²) in [5, 5.41) is 0. The van der Waals surface area contributed by atoms with Crippen molar-refractivity contribution in [2.75, 3.05) is 27.4 Å². The molecule has 1 aromatic rings. The number of benzene rings is 1. The lowest BCUT2D eigenvalue weighted by Gasteiger charge is -2.27. The maximum absolute atomic E-state index is 12.9. The molecule has 29 heavy (non-hydrogen) atoms. The Bertz CT molecular complexity index is 821. The summed E-state index contributed by atoms with van der Waals surface area (Å²) in [7, 11) is 3.23. The van der Waals surface area contributed by atoms with Crippen molar-refractivity contribution >= 4 is 17.8 Å². The van der Waals surface area contributed by atoms with Gasteiger partial charge >= 0.3 is 17.8 Å². The molecule has 4 amide bonds. The van der Waals surface area contributed by atoms with Gasteiger partial charge in [-0.15, -0.1) is 0 Å². The summed E-state index contributed by atoms with van der Waals surface area (Å²) in [6.07, 6.45) is 5.47. The van der Waals surface area contributed by atoms with Crippen molar-refractivity contribution < 1.29 is 28.8 Å². The zero-order chi connectivity index (χ0) is 20.5. The van der Waals surface area contributed by atoms with Gasteiger partial charge in [0, 0.05) is 24.9 Å². The van der Waals surface area contributed by atoms with E-state index in [-0.39, 0.29) is 18.8 Å². The molecule has 1 saturated carbocycles. The molecule has 2 saturated heterocycles. The third-order valence-electron chi connectivity index (χ3n) is 6.43. The summed E-state index contributed by atoms with van der Waals surface area (Å²) < 4.78 is 10.8. The van der Waals surface area contributed by atoms with Gasteiger partial charge in [0.15, 0.2) is 6.67 Å². The maximum atomic E-state index is 12.9. The molecule has 1 aromatic carbocycles. The van der Waals surface area contributed by atoms with Gasteiger partial charge in [0.25, 0.3) is 0 Å². The van der Waals surface area contributed by atoms with Gasteiger partial charge in [-0.3, -0.25) is 14.5 Å². The first-order chi connectivity index (χ1) is 14.0. The first kappa shape index (κ1) is 19.7. The molecule has 1 N–H and O–H groups in total. The van der Waals surface area contributed by atoms with Crippen molar-refractivity contribution in [3.05, 3.63) is 23.8 Å². The Morgan fingerprint density at radius 1 is 1.00 bits per heavy atom. The number of methoxy groups -OCH3 is 2. The Labute approximate surface area is 170 Å². The molecule has 0 aromatic heterocycles. The van der Waals surface area contributed by atoms with Gasteiger partial charge in [-0.05, 0) is 25.0 Å². The molecule has 4 rings (SSSR count). The van der Waals surface area contributed by atoms with Crippen LogP contribution in [-0.4, -0.2) is 61.1 Å². The number of nitrogens with one attached hydrogen (secondary N) is 1. The number of hydrogen-bond donors (Lipinski definition) is 1. The zero-order valence-electron chi connectivity index (χ0n) is 17.0. The fraction of sp³-hybridized carbons (Fsp3) is 0.571. The lowest BCUT2D eigenvalue weighted by Crippen LogP contribution is -3.12. The largest absolute Gasteiger partial charge is 0.497 e. The SMILES string of the molecule is COc1ccc([C@@H]2CCC[NH+]2CN2C(=O)C(=O)N(C3CCCC3)C2=O)c(OC)c1. The van der Waals surface area contributed by atoms with Crippen LogP contribution in [-0.2, 0) is 9.59 Å². The Morgan fingerprint density at radius 3 is 2.45 bits per heavy atom. The fourth-order valence-corrected chi connectivity index (χ4v) is 4.93. The van der Waals surface area contributed by atoms with E-state index in [0.29, 0.717) is 5.75 Å². The summed E-state index contributed by atoms with van der Waals surface area (Å²) in [5.74, 6) is 0.0881. The molecule has 3 aliphatic rings. The standard InChI is InChI=1S/C21H27N3O5/c1-28-15-9-10-16(18(12-15)29-2)17-8-5-11-22(17)13-23-19(25)20(26)24(21(23)27)14-6-3-4-7-14/h9-10,12,14,17H,3-8,11,13H2,1-2H3/p+1/t17-/m0/s1. The monoisotopic (exact) mass is 402 g/mol. The lowest BCUT2D eigenvalue weighted by molar-refractivity contribution is -0.925. The zero-order valence-corrected chi connectivity index (χ0v) is 17.0. The van der Waals surface area contributed by atoms with E-state index in [1.54, 1.807) is 14.2 Å². The Hall–Kier alpha value is -2.61. The summed E-state index contributed by atoms with van der Waals surface area (Å²) >= 11 is 0. The van der Waals surface area contributed by atoms with Crippen LogP contribution in [0.25, 0.3) is 0 Å². The molecule has 0 bridgehead atoms. The molecule has 2 atom stereocenters. The van der Waals surface area contributed by atoms with Gasteiger partial charge in [-0.25, -0.2) is 9.69 Å². The van der Waals surface area contributed by atoms with E-state index in [9.17, 15) is 14.4 Å². The van der Waals surface area contributed by atoms with Crippen molar-refractivity contribution in [2.45, 2.75) is 50.6 Å². The third-order valence-corrected chi connectivity index (χ3v) is 6.43. The van der Waals surface area contributed by atoms with E-state index in [1.807, 2.05) is 18.2 Å². The molecule has 2 heterocycles. The molecule has 8 nitrogen and oxygen atoms in total. The molecule has 1 unspecified atom stereocenters. The highest BCUT2D eigenvalue weighted by molar-refractivity contribution is 6.44. The van der Waals surface area contributed by atoms with Crippen LogP contribution in [0.2, 0.25) is 0 Å². The van der Waals surface area contributed by atoms with Crippen LogP contribution >= 0.6 is 0 Å². The normalized spacial score (nSPS) is 25.4. The quantitative estimate of drug-likeness (QED) is 0.570. The van der Waals surface area contributed by atoms with Crippen LogP contribution < -0.4 is 14.4 Å². The van der Waals surface area contributed by atoms with Gasteiger partial charge in [-0.1, -0.05) is 12.8 Å². The minimum absolute atomic E-state index is 0.0899. The van der Waals surface area contributed by atoms with Crippen LogP contribution in [0, 0.1) is 0 Å². The van der Waals surface area contributed by atoms with Crippen molar-refractivity contribution in [1.82, 2.24) is 9.80 Å². The van der Waals surface area contributed by atoms with Crippen LogP contribution in [0.3, 0.4) is 0 Å². The number of quaternary nitrogens is 1. The first-order valence-corrected chi connectivity index (χ1v) is 10.3. The molecule has 0 radical (unpaired) electrons. The minimum Gasteiger partial charge on any atom is -0.497 e. The number of amides is 4. The second kappa shape index (κ2) is 8.02. The number of imide groups is 2. The Morgan fingerprint density at radius 2 is 1.76 bits per heavy atom. The maximum Gasteiger partial charge on any atom is 0.338 e. The number of hydrogen-bond acceptors (Lipinski definition) is 5. The molecule has 1 aliphatic carbocycles. The van der Waals surface area contributed by atoms with E-state index in [2.05, 4.69) is 0 Å². The van der Waals surface area contributed by atoms with Gasteiger partial charge in [0.2, 0.25) is 0 Å². The van der Waals surface area contributed by atoms with Crippen molar-refractivity contribution in [3.63, 3.8) is 0 Å². The molecule has 2 aliphatic heterocycles. The molecular weight excluding hydrogens is 374 g/mol. The highest BCUT2D eigenvalue weighted by Gasteiger charge is 2.50. The van der Waals surface area contributed by atoms with E-state index in [0.717, 1.165) is 66.2 Å². The highest BCUT2D eigenvalue weighted by atomic mass is 16.5. The van der Waals surface area contributed by atoms with Crippen LogP contribution in [0.1, 0.15) is 50.1 Å². The van der Waals surface area contributed by atoms with E-state index in [4.69, 9.17) is 9.47 Å². The summed E-state index contributed by atoms with van der Waals surface area (Å²) in [6, 6.07) is 5.24. The average molecular weight is 402 g/mol. The van der Waals surface area contributed by atoms with Crippen LogP contribution in [0.15, 0.2) is 18.2 Å². The summed E-state index contributed by atoms with van der Waals surface area (Å²) in [6.45, 7) is 1.03. The second-order valence-electron chi connectivity index (χ2n) is 8.00. The number of carbonyl (C=O) groups excluding carboxylic acids is 3. The second-order valence-corrected chi connectivity index (χ2v) is 8.00. The third kappa shape index (κ3) is 3.46. The van der Waals surface area contributed by atoms with Gasteiger partial charge in [0.1, 0.15) is 17.5 Å². The van der Waals surface area contributed by atoms with Gasteiger partial charge in [0.05, 0.1) is 26.3 Å². The number of ether oxygens (including phenoxy) is 2. The lowest BCUT2D eigenvalue weighted by atomic mass is 10.0. The summed E-state index contributed by atoms with van der Waals surface area (Å²) in [5.41, 5.74) is 1.03. The van der Waals surface area contributed by atoms with Gasteiger partial charge in [-0.2, -0.15) is 0 Å². The van der Waals surface area contributed by atoms with E-state index < -0.39 is 17.8 Å². The predicted molar refractivity (Wildman–Crippen MR) is 104 cm³/mol. The summed E-state index contributed by atoms with van der Waals surface area (Å²) in [4.78, 5) is 41.4. The topological polar surface area (TPSA) is 80.6 Å². The number of nitrogens with zero attached hydrogens (tertiary/aromatic N) is 2. The minimum atomic E-state index is -0.693. The molecule has 8 heteroatoms. The molecular formula is C21H28N3O5+. The first-order valence-electron chi connectivity index (χ1n) is 10.3. The highest BCUT2D eigenvalue weighted by Crippen LogP contribution is 2.32. The number of rotatable bonds is 6. The Kier molecular flexibility index (Phi) is 5.45. The molecule has 0 spiro atoms. The van der Waals surface area contributed by atoms with E-state index >= 15 is 0 Å². The van der Waals surface area contributed by atoms with Crippen molar-refractivity contribution in [2.24, 2.45) is 0 Å². The van der Waals surface area contributed by atoms with Crippen molar-refractivity contribution in [3.8, 4) is 11.5 Å².